The summed E-state index contributed by atoms with van der Waals surface area (Å²) >= 11 is 0. The molecule has 1 fully saturated rings. The third-order valence-electron chi connectivity index (χ3n) is 5.33. The molecule has 1 atom stereocenters. The summed E-state index contributed by atoms with van der Waals surface area (Å²) in [4.78, 5) is 30.1. The molecule has 3 rings (SSSR count). The number of carboxylic acids is 1. The topological polar surface area (TPSA) is 126 Å². The van der Waals surface area contributed by atoms with Gasteiger partial charge in [-0.1, -0.05) is 19.1 Å². The Hall–Kier alpha value is -3.14. The van der Waals surface area contributed by atoms with E-state index in [1.807, 2.05) is 6.92 Å². The van der Waals surface area contributed by atoms with E-state index in [0.29, 0.717) is 25.9 Å². The number of hydrogen-bond donors (Lipinski definition) is 2. The Bertz CT molecular complexity index is 1090. The van der Waals surface area contributed by atoms with Gasteiger partial charge in [-0.25, -0.2) is 18.2 Å². The maximum absolute atomic E-state index is 12.7. The quantitative estimate of drug-likeness (QED) is 0.575. The van der Waals surface area contributed by atoms with Crippen molar-refractivity contribution in [2.24, 2.45) is 5.92 Å². The Labute approximate surface area is 187 Å². The summed E-state index contributed by atoms with van der Waals surface area (Å²) in [5.74, 6) is -1.72. The van der Waals surface area contributed by atoms with Gasteiger partial charge in [0.15, 0.2) is 0 Å². The van der Waals surface area contributed by atoms with Crippen LogP contribution in [0.4, 0.5) is 11.5 Å². The lowest BCUT2D eigenvalue weighted by atomic mass is 9.98. The summed E-state index contributed by atoms with van der Waals surface area (Å²) in [6, 6.07) is 7.72. The van der Waals surface area contributed by atoms with Crippen molar-refractivity contribution in [3.63, 3.8) is 0 Å². The number of nitrogens with zero attached hydrogens (tertiary/aromatic N) is 2. The number of piperidine rings is 1. The van der Waals surface area contributed by atoms with Crippen LogP contribution in [-0.4, -0.2) is 50.1 Å². The maximum Gasteiger partial charge on any atom is 0.339 e. The summed E-state index contributed by atoms with van der Waals surface area (Å²) < 4.78 is 32.9. The zero-order chi connectivity index (χ0) is 23.3. The number of rotatable bonds is 8. The minimum Gasteiger partial charge on any atom is -0.478 e. The molecule has 2 N–H and O–H groups in total. The summed E-state index contributed by atoms with van der Waals surface area (Å²) in [7, 11) is -3.90. The molecule has 2 heterocycles. The van der Waals surface area contributed by atoms with Crippen molar-refractivity contribution in [3.05, 3.63) is 47.7 Å². The number of nitrogens with one attached hydrogen (secondary N) is 1. The fourth-order valence-electron chi connectivity index (χ4n) is 3.66. The molecule has 0 bridgehead atoms. The van der Waals surface area contributed by atoms with Gasteiger partial charge in [0, 0.05) is 13.1 Å². The third kappa shape index (κ3) is 5.37. The normalized spacial score (nSPS) is 16.4. The van der Waals surface area contributed by atoms with E-state index < -0.39 is 16.0 Å². The number of aryl methyl sites for hydroxylation is 1. The number of carbonyl (C=O) groups excluding carboxylic acids is 1. The molecule has 0 saturated carbocycles. The molecule has 1 aliphatic rings. The van der Waals surface area contributed by atoms with Gasteiger partial charge >= 0.3 is 11.9 Å². The van der Waals surface area contributed by atoms with Crippen molar-refractivity contribution >= 4 is 33.5 Å². The van der Waals surface area contributed by atoms with Crippen LogP contribution in [0.1, 0.15) is 42.6 Å². The Morgan fingerprint density at radius 3 is 2.59 bits per heavy atom. The van der Waals surface area contributed by atoms with Crippen LogP contribution in [0.2, 0.25) is 0 Å². The van der Waals surface area contributed by atoms with E-state index in [9.17, 15) is 23.1 Å². The number of carbonyl (C=O) groups is 2. The Morgan fingerprint density at radius 1 is 1.25 bits per heavy atom. The highest BCUT2D eigenvalue weighted by atomic mass is 32.2. The summed E-state index contributed by atoms with van der Waals surface area (Å²) in [6.07, 6.45) is 3.42. The summed E-state index contributed by atoms with van der Waals surface area (Å²) in [5, 5.41) is 9.72. The van der Waals surface area contributed by atoms with Gasteiger partial charge in [0.25, 0.3) is 10.0 Å². The number of aromatic carboxylic acids is 1. The highest BCUT2D eigenvalue weighted by molar-refractivity contribution is 7.92. The van der Waals surface area contributed by atoms with Gasteiger partial charge in [0.1, 0.15) is 11.4 Å². The van der Waals surface area contributed by atoms with Crippen LogP contribution in [-0.2, 0) is 26.0 Å². The number of carboxylic acid groups (broad SMARTS) is 1. The molecule has 1 aromatic heterocycles. The highest BCUT2D eigenvalue weighted by Gasteiger charge is 2.30. The monoisotopic (exact) mass is 461 g/mol. The average molecular weight is 462 g/mol. The smallest absolute Gasteiger partial charge is 0.339 e. The van der Waals surface area contributed by atoms with E-state index in [2.05, 4.69) is 9.71 Å². The van der Waals surface area contributed by atoms with Crippen molar-refractivity contribution in [2.75, 3.05) is 29.3 Å². The number of hydrogen-bond acceptors (Lipinski definition) is 7. The molecule has 2 aromatic rings. The first-order valence-electron chi connectivity index (χ1n) is 10.5. The molecule has 10 heteroatoms. The molecule has 1 aromatic carbocycles. The SMILES string of the molecule is CCOC(=O)[C@H]1CCCN(c2ncc(NS(=O)(=O)c3ccc(CC)cc3)cc2C(=O)O)C1. The molecular formula is C22H27N3O6S. The lowest BCUT2D eigenvalue weighted by molar-refractivity contribution is -0.148. The van der Waals surface area contributed by atoms with Crippen LogP contribution >= 0.6 is 0 Å². The number of benzene rings is 1. The molecule has 0 amide bonds. The molecule has 1 saturated heterocycles. The number of pyridine rings is 1. The van der Waals surface area contributed by atoms with Crippen LogP contribution in [0.15, 0.2) is 41.4 Å². The minimum atomic E-state index is -3.90. The van der Waals surface area contributed by atoms with Crippen LogP contribution in [0.3, 0.4) is 0 Å². The van der Waals surface area contributed by atoms with E-state index in [1.54, 1.807) is 24.0 Å². The highest BCUT2D eigenvalue weighted by Crippen LogP contribution is 2.28. The first-order valence-corrected chi connectivity index (χ1v) is 12.0. The van der Waals surface area contributed by atoms with Crippen LogP contribution in [0.5, 0.6) is 0 Å². The molecule has 172 valence electrons. The first kappa shape index (κ1) is 23.5. The van der Waals surface area contributed by atoms with Crippen LogP contribution in [0.25, 0.3) is 0 Å². The van der Waals surface area contributed by atoms with E-state index in [-0.39, 0.29) is 40.5 Å². The van der Waals surface area contributed by atoms with Gasteiger partial charge in [-0.05, 0) is 49.9 Å². The number of esters is 1. The average Bonchev–Trinajstić information content (AvgIpc) is 2.79. The minimum absolute atomic E-state index is 0.0460. The molecule has 0 spiro atoms. The molecule has 1 aliphatic heterocycles. The summed E-state index contributed by atoms with van der Waals surface area (Å²) in [5.41, 5.74) is 0.909. The van der Waals surface area contributed by atoms with E-state index in [1.165, 1.54) is 24.4 Å². The zero-order valence-electron chi connectivity index (χ0n) is 18.1. The number of sulfonamides is 1. The van der Waals surface area contributed by atoms with Gasteiger partial charge in [-0.15, -0.1) is 0 Å². The standard InChI is InChI=1S/C22H27N3O6S/c1-3-15-7-9-18(10-8-15)32(29,30)24-17-12-19(21(26)27)20(23-13-17)25-11-5-6-16(14-25)22(28)31-4-2/h7-10,12-13,16,24H,3-6,11,14H2,1-2H3,(H,26,27)/t16-/m0/s1. The van der Waals surface area contributed by atoms with E-state index >= 15 is 0 Å². The molecule has 32 heavy (non-hydrogen) atoms. The molecule has 0 aliphatic carbocycles. The predicted octanol–water partition coefficient (Wildman–Crippen LogP) is 2.92. The lowest BCUT2D eigenvalue weighted by Gasteiger charge is -2.33. The van der Waals surface area contributed by atoms with E-state index in [0.717, 1.165) is 12.0 Å². The van der Waals surface area contributed by atoms with Crippen molar-refractivity contribution in [1.29, 1.82) is 0 Å². The first-order chi connectivity index (χ1) is 15.2. The number of anilines is 2. The maximum atomic E-state index is 12.7. The van der Waals surface area contributed by atoms with Crippen molar-refractivity contribution in [3.8, 4) is 0 Å². The second kappa shape index (κ2) is 9.99. The molecule has 0 radical (unpaired) electrons. The predicted molar refractivity (Wildman–Crippen MR) is 119 cm³/mol. The van der Waals surface area contributed by atoms with Crippen molar-refractivity contribution < 1.29 is 27.9 Å². The van der Waals surface area contributed by atoms with Gasteiger partial charge in [-0.2, -0.15) is 0 Å². The summed E-state index contributed by atoms with van der Waals surface area (Å²) in [6.45, 7) is 4.82. The van der Waals surface area contributed by atoms with Crippen molar-refractivity contribution in [2.45, 2.75) is 38.0 Å². The fourth-order valence-corrected chi connectivity index (χ4v) is 4.70. The second-order valence-corrected chi connectivity index (χ2v) is 9.22. The van der Waals surface area contributed by atoms with Crippen LogP contribution in [0, 0.1) is 5.92 Å². The number of aromatic nitrogens is 1. The van der Waals surface area contributed by atoms with Gasteiger partial charge < -0.3 is 14.7 Å². The van der Waals surface area contributed by atoms with Gasteiger partial charge in [0.05, 0.1) is 29.3 Å². The van der Waals surface area contributed by atoms with Crippen molar-refractivity contribution in [1.82, 2.24) is 4.98 Å². The molecular weight excluding hydrogens is 434 g/mol. The Kier molecular flexibility index (Phi) is 7.34. The molecule has 0 unspecified atom stereocenters. The number of ether oxygens (including phenoxy) is 1. The third-order valence-corrected chi connectivity index (χ3v) is 6.73. The lowest BCUT2D eigenvalue weighted by Crippen LogP contribution is -2.40. The van der Waals surface area contributed by atoms with E-state index in [4.69, 9.17) is 4.74 Å². The Balaban J connectivity index is 1.84. The van der Waals surface area contributed by atoms with Gasteiger partial charge in [-0.3, -0.25) is 9.52 Å². The molecule has 9 nitrogen and oxygen atoms in total. The Morgan fingerprint density at radius 2 is 1.97 bits per heavy atom. The zero-order valence-corrected chi connectivity index (χ0v) is 18.9. The largest absolute Gasteiger partial charge is 0.478 e. The fraction of sp³-hybridized carbons (Fsp3) is 0.409. The van der Waals surface area contributed by atoms with Crippen LogP contribution < -0.4 is 9.62 Å². The van der Waals surface area contributed by atoms with Gasteiger partial charge in [0.2, 0.25) is 0 Å². The second-order valence-electron chi connectivity index (χ2n) is 7.54.